The third kappa shape index (κ3) is 3.38. The predicted molar refractivity (Wildman–Crippen MR) is 103 cm³/mol. The molecule has 2 N–H and O–H groups in total. The normalized spacial score (nSPS) is 15.6. The highest BCUT2D eigenvalue weighted by atomic mass is 35.5. The Morgan fingerprint density at radius 3 is 2.44 bits per heavy atom. The number of nitrogens with two attached hydrogens (primary N) is 1. The van der Waals surface area contributed by atoms with Crippen LogP contribution in [0.15, 0.2) is 48.5 Å². The van der Waals surface area contributed by atoms with Gasteiger partial charge in [-0.15, -0.1) is 0 Å². The molecule has 1 aliphatic heterocycles. The molecule has 0 radical (unpaired) electrons. The number of aromatic nitrogens is 2. The summed E-state index contributed by atoms with van der Waals surface area (Å²) in [6, 6.07) is 15.9. The summed E-state index contributed by atoms with van der Waals surface area (Å²) >= 11 is 6.31. The number of fused-ring (bicyclic) bond motifs is 1. The van der Waals surface area contributed by atoms with Gasteiger partial charge in [-0.05, 0) is 24.3 Å². The Morgan fingerprint density at radius 1 is 0.920 bits per heavy atom. The predicted octanol–water partition coefficient (Wildman–Crippen LogP) is 3.19. The number of halogens is 1. The van der Waals surface area contributed by atoms with Crippen molar-refractivity contribution in [2.75, 3.05) is 36.8 Å². The van der Waals surface area contributed by atoms with Crippen molar-refractivity contribution < 1.29 is 0 Å². The van der Waals surface area contributed by atoms with Crippen molar-refractivity contribution in [1.82, 2.24) is 14.9 Å². The van der Waals surface area contributed by atoms with Gasteiger partial charge in [0.05, 0.1) is 22.8 Å². The molecule has 0 amide bonds. The lowest BCUT2D eigenvalue weighted by atomic mass is 10.2. The molecule has 3 aromatic rings. The van der Waals surface area contributed by atoms with Crippen LogP contribution >= 0.6 is 11.6 Å². The second-order valence-corrected chi connectivity index (χ2v) is 6.66. The van der Waals surface area contributed by atoms with Crippen LogP contribution in [0.3, 0.4) is 0 Å². The second kappa shape index (κ2) is 6.86. The number of nitrogens with zero attached hydrogens (tertiary/aromatic N) is 4. The van der Waals surface area contributed by atoms with Gasteiger partial charge >= 0.3 is 0 Å². The number of anilines is 2. The molecule has 0 aliphatic carbocycles. The van der Waals surface area contributed by atoms with Gasteiger partial charge in [-0.2, -0.15) is 0 Å². The summed E-state index contributed by atoms with van der Waals surface area (Å²) in [5.74, 6) is 1.33. The summed E-state index contributed by atoms with van der Waals surface area (Å²) < 4.78 is 0. The molecule has 0 bridgehead atoms. The van der Waals surface area contributed by atoms with Crippen LogP contribution in [0.5, 0.6) is 0 Å². The first-order valence-corrected chi connectivity index (χ1v) is 8.81. The van der Waals surface area contributed by atoms with Crippen LogP contribution in [-0.4, -0.2) is 41.0 Å². The molecule has 1 saturated heterocycles. The van der Waals surface area contributed by atoms with Crippen LogP contribution in [0.1, 0.15) is 5.82 Å². The van der Waals surface area contributed by atoms with E-state index in [0.717, 1.165) is 53.6 Å². The Morgan fingerprint density at radius 2 is 1.64 bits per heavy atom. The van der Waals surface area contributed by atoms with Crippen LogP contribution < -0.4 is 10.6 Å². The van der Waals surface area contributed by atoms with Crippen molar-refractivity contribution >= 4 is 34.0 Å². The van der Waals surface area contributed by atoms with E-state index in [2.05, 4.69) is 25.8 Å². The summed E-state index contributed by atoms with van der Waals surface area (Å²) in [6.07, 6.45) is 0. The lowest BCUT2D eigenvalue weighted by Gasteiger charge is -2.36. The second-order valence-electron chi connectivity index (χ2n) is 6.26. The molecule has 1 fully saturated rings. The summed E-state index contributed by atoms with van der Waals surface area (Å²) in [4.78, 5) is 13.8. The zero-order valence-corrected chi connectivity index (χ0v) is 14.7. The Labute approximate surface area is 152 Å². The molecule has 1 aliphatic rings. The fourth-order valence-electron chi connectivity index (χ4n) is 3.28. The molecule has 5 nitrogen and oxygen atoms in total. The van der Waals surface area contributed by atoms with Gasteiger partial charge in [-0.1, -0.05) is 35.9 Å². The minimum atomic E-state index is 0.551. The lowest BCUT2D eigenvalue weighted by Crippen LogP contribution is -2.46. The van der Waals surface area contributed by atoms with Crippen molar-refractivity contribution in [3.8, 4) is 0 Å². The quantitative estimate of drug-likeness (QED) is 0.783. The first-order valence-electron chi connectivity index (χ1n) is 8.44. The van der Waals surface area contributed by atoms with E-state index in [1.54, 1.807) is 0 Å². The first kappa shape index (κ1) is 16.1. The van der Waals surface area contributed by atoms with E-state index in [9.17, 15) is 0 Å². The number of benzene rings is 2. The van der Waals surface area contributed by atoms with E-state index in [1.165, 1.54) is 0 Å². The van der Waals surface area contributed by atoms with Crippen LogP contribution in [0.2, 0.25) is 5.02 Å². The fourth-order valence-corrected chi connectivity index (χ4v) is 3.53. The smallest absolute Gasteiger partial charge is 0.145 e. The van der Waals surface area contributed by atoms with Gasteiger partial charge in [0, 0.05) is 31.6 Å². The third-order valence-electron chi connectivity index (χ3n) is 4.61. The molecular weight excluding hydrogens is 334 g/mol. The average molecular weight is 354 g/mol. The number of piperazine rings is 1. The van der Waals surface area contributed by atoms with Crippen molar-refractivity contribution in [1.29, 1.82) is 0 Å². The molecule has 1 aromatic heterocycles. The number of rotatable bonds is 3. The van der Waals surface area contributed by atoms with Crippen LogP contribution in [0, 0.1) is 0 Å². The average Bonchev–Trinajstić information content (AvgIpc) is 2.63. The molecule has 128 valence electrons. The summed E-state index contributed by atoms with van der Waals surface area (Å²) in [6.45, 7) is 4.48. The molecule has 25 heavy (non-hydrogen) atoms. The fraction of sp³-hybridized carbons (Fsp3) is 0.263. The van der Waals surface area contributed by atoms with Crippen LogP contribution in [-0.2, 0) is 6.54 Å². The monoisotopic (exact) mass is 353 g/mol. The molecule has 0 unspecified atom stereocenters. The molecule has 0 saturated carbocycles. The van der Waals surface area contributed by atoms with Crippen LogP contribution in [0.4, 0.5) is 11.5 Å². The molecule has 2 heterocycles. The standard InChI is InChI=1S/C19H20ClN5/c20-15-6-2-4-8-17(15)25-11-9-24(10-12-25)13-18-22-16-7-3-1-5-14(16)19(21)23-18/h1-8H,9-13H2,(H2,21,22,23). The highest BCUT2D eigenvalue weighted by Crippen LogP contribution is 2.26. The van der Waals surface area contributed by atoms with Crippen molar-refractivity contribution in [2.45, 2.75) is 6.54 Å². The number of hydrogen-bond donors (Lipinski definition) is 1. The van der Waals surface area contributed by atoms with Gasteiger partial charge in [0.1, 0.15) is 11.6 Å². The minimum absolute atomic E-state index is 0.551. The molecular formula is C19H20ClN5. The molecule has 2 aromatic carbocycles. The Bertz CT molecular complexity index is 890. The van der Waals surface area contributed by atoms with E-state index in [1.807, 2.05) is 42.5 Å². The van der Waals surface area contributed by atoms with E-state index in [0.29, 0.717) is 12.4 Å². The topological polar surface area (TPSA) is 58.3 Å². The maximum absolute atomic E-state index is 6.31. The molecule has 4 rings (SSSR count). The number of hydrogen-bond acceptors (Lipinski definition) is 5. The van der Waals surface area contributed by atoms with Gasteiger partial charge < -0.3 is 10.6 Å². The van der Waals surface area contributed by atoms with E-state index < -0.39 is 0 Å². The zero-order valence-electron chi connectivity index (χ0n) is 13.9. The minimum Gasteiger partial charge on any atom is -0.383 e. The van der Waals surface area contributed by atoms with Gasteiger partial charge in [-0.3, -0.25) is 4.90 Å². The van der Waals surface area contributed by atoms with E-state index in [4.69, 9.17) is 17.3 Å². The first-order chi connectivity index (χ1) is 12.2. The highest BCUT2D eigenvalue weighted by molar-refractivity contribution is 6.33. The van der Waals surface area contributed by atoms with E-state index >= 15 is 0 Å². The Hall–Kier alpha value is -2.37. The summed E-state index contributed by atoms with van der Waals surface area (Å²) in [5.41, 5.74) is 8.09. The van der Waals surface area contributed by atoms with Gasteiger partial charge in [0.25, 0.3) is 0 Å². The summed E-state index contributed by atoms with van der Waals surface area (Å²) in [5, 5.41) is 1.72. The van der Waals surface area contributed by atoms with Crippen molar-refractivity contribution in [3.05, 3.63) is 59.4 Å². The number of nitrogen functional groups attached to an aromatic ring is 1. The van der Waals surface area contributed by atoms with E-state index in [-0.39, 0.29) is 0 Å². The van der Waals surface area contributed by atoms with Crippen molar-refractivity contribution in [2.24, 2.45) is 0 Å². The molecule has 0 atom stereocenters. The highest BCUT2D eigenvalue weighted by Gasteiger charge is 2.19. The maximum atomic E-state index is 6.31. The molecule has 6 heteroatoms. The third-order valence-corrected chi connectivity index (χ3v) is 4.93. The van der Waals surface area contributed by atoms with Gasteiger partial charge in [-0.25, -0.2) is 9.97 Å². The Balaban J connectivity index is 1.44. The SMILES string of the molecule is Nc1nc(CN2CCN(c3ccccc3Cl)CC2)nc2ccccc12. The lowest BCUT2D eigenvalue weighted by molar-refractivity contribution is 0.244. The van der Waals surface area contributed by atoms with Crippen LogP contribution in [0.25, 0.3) is 10.9 Å². The zero-order chi connectivity index (χ0) is 17.2. The maximum Gasteiger partial charge on any atom is 0.145 e. The number of para-hydroxylation sites is 2. The molecule has 0 spiro atoms. The Kier molecular flexibility index (Phi) is 4.42. The van der Waals surface area contributed by atoms with Gasteiger partial charge in [0.15, 0.2) is 0 Å². The largest absolute Gasteiger partial charge is 0.383 e. The van der Waals surface area contributed by atoms with Gasteiger partial charge in [0.2, 0.25) is 0 Å². The summed E-state index contributed by atoms with van der Waals surface area (Å²) in [7, 11) is 0. The van der Waals surface area contributed by atoms with Crippen molar-refractivity contribution in [3.63, 3.8) is 0 Å².